The highest BCUT2D eigenvalue weighted by Gasteiger charge is 2.42. The SMILES string of the molecule is COc1ccc(C(C)(C)C)cc1C1OC1NCc1cccc(CNc2cc(NC(C)=O)ncn2)c1. The Kier molecular flexibility index (Phi) is 7.33. The Bertz CT molecular complexity index is 1190. The number of epoxide rings is 1. The molecule has 4 rings (SSSR count). The summed E-state index contributed by atoms with van der Waals surface area (Å²) >= 11 is 0. The van der Waals surface area contributed by atoms with Crippen LogP contribution in [0.4, 0.5) is 11.6 Å². The second-order valence-electron chi connectivity index (χ2n) is 9.71. The molecule has 1 saturated heterocycles. The first-order chi connectivity index (χ1) is 16.7. The van der Waals surface area contributed by atoms with Crippen LogP contribution in [-0.2, 0) is 28.0 Å². The second kappa shape index (κ2) is 10.4. The van der Waals surface area contributed by atoms with Crippen molar-refractivity contribution >= 4 is 17.5 Å². The van der Waals surface area contributed by atoms with Crippen LogP contribution in [0, 0.1) is 0 Å². The summed E-state index contributed by atoms with van der Waals surface area (Å²) in [6.45, 7) is 9.35. The fourth-order valence-corrected chi connectivity index (χ4v) is 3.89. The third-order valence-electron chi connectivity index (χ3n) is 5.84. The van der Waals surface area contributed by atoms with E-state index in [1.165, 1.54) is 18.8 Å². The lowest BCUT2D eigenvalue weighted by Gasteiger charge is -2.20. The van der Waals surface area contributed by atoms with Gasteiger partial charge in [0.15, 0.2) is 0 Å². The van der Waals surface area contributed by atoms with Crippen molar-refractivity contribution in [3.63, 3.8) is 0 Å². The number of aromatic nitrogens is 2. The summed E-state index contributed by atoms with van der Waals surface area (Å²) in [4.78, 5) is 19.5. The van der Waals surface area contributed by atoms with Crippen molar-refractivity contribution < 1.29 is 14.3 Å². The van der Waals surface area contributed by atoms with E-state index >= 15 is 0 Å². The fourth-order valence-electron chi connectivity index (χ4n) is 3.89. The summed E-state index contributed by atoms with van der Waals surface area (Å²) in [7, 11) is 1.70. The molecule has 2 unspecified atom stereocenters. The number of nitrogens with zero attached hydrogens (tertiary/aromatic N) is 2. The number of hydrogen-bond acceptors (Lipinski definition) is 7. The number of methoxy groups -OCH3 is 1. The van der Waals surface area contributed by atoms with Gasteiger partial charge in [-0.2, -0.15) is 0 Å². The fraction of sp³-hybridized carbons (Fsp3) is 0.370. The molecule has 1 amide bonds. The molecule has 1 aliphatic heterocycles. The van der Waals surface area contributed by atoms with Gasteiger partial charge in [0, 0.05) is 31.6 Å². The molecule has 0 saturated carbocycles. The quantitative estimate of drug-likeness (QED) is 0.391. The van der Waals surface area contributed by atoms with Gasteiger partial charge in [-0.15, -0.1) is 0 Å². The van der Waals surface area contributed by atoms with E-state index in [-0.39, 0.29) is 23.7 Å². The highest BCUT2D eigenvalue weighted by molar-refractivity contribution is 5.87. The molecule has 0 radical (unpaired) electrons. The van der Waals surface area contributed by atoms with Crippen LogP contribution < -0.4 is 20.7 Å². The minimum atomic E-state index is -0.169. The lowest BCUT2D eigenvalue weighted by molar-refractivity contribution is -0.114. The van der Waals surface area contributed by atoms with Crippen LogP contribution in [0.5, 0.6) is 5.75 Å². The number of ether oxygens (including phenoxy) is 2. The van der Waals surface area contributed by atoms with Gasteiger partial charge in [0.2, 0.25) is 5.91 Å². The van der Waals surface area contributed by atoms with Crippen molar-refractivity contribution in [2.75, 3.05) is 17.7 Å². The van der Waals surface area contributed by atoms with Gasteiger partial charge >= 0.3 is 0 Å². The van der Waals surface area contributed by atoms with Crippen molar-refractivity contribution in [1.82, 2.24) is 15.3 Å². The standard InChI is InChI=1S/C27H33N5O3/c1-17(33)32-24-13-23(30-16-31-24)28-14-18-7-6-8-19(11-18)15-29-26-25(35-26)21-12-20(27(2,3)4)9-10-22(21)34-5/h6-13,16,25-26,29H,14-15H2,1-5H3,(H2,28,30,31,32,33). The minimum Gasteiger partial charge on any atom is -0.496 e. The van der Waals surface area contributed by atoms with Gasteiger partial charge in [-0.1, -0.05) is 51.1 Å². The Morgan fingerprint density at radius 3 is 2.49 bits per heavy atom. The van der Waals surface area contributed by atoms with E-state index in [9.17, 15) is 4.79 Å². The molecule has 2 atom stereocenters. The molecule has 2 heterocycles. The molecular weight excluding hydrogens is 442 g/mol. The normalized spacial score (nSPS) is 17.1. The van der Waals surface area contributed by atoms with Crippen LogP contribution in [0.1, 0.15) is 56.1 Å². The van der Waals surface area contributed by atoms with Crippen LogP contribution in [0.15, 0.2) is 54.9 Å². The van der Waals surface area contributed by atoms with Crippen molar-refractivity contribution in [2.45, 2.75) is 58.5 Å². The average molecular weight is 476 g/mol. The Labute approximate surface area is 206 Å². The van der Waals surface area contributed by atoms with Crippen molar-refractivity contribution in [2.24, 2.45) is 0 Å². The Morgan fingerprint density at radius 2 is 1.77 bits per heavy atom. The lowest BCUT2D eigenvalue weighted by Crippen LogP contribution is -2.18. The first-order valence-electron chi connectivity index (χ1n) is 11.7. The monoisotopic (exact) mass is 475 g/mol. The van der Waals surface area contributed by atoms with Crippen LogP contribution >= 0.6 is 0 Å². The molecule has 0 aliphatic carbocycles. The molecule has 184 valence electrons. The van der Waals surface area contributed by atoms with Gasteiger partial charge in [-0.3, -0.25) is 10.1 Å². The molecule has 1 aliphatic rings. The van der Waals surface area contributed by atoms with Crippen LogP contribution in [-0.4, -0.2) is 29.2 Å². The zero-order valence-electron chi connectivity index (χ0n) is 20.9. The molecule has 2 aromatic carbocycles. The van der Waals surface area contributed by atoms with Crippen LogP contribution in [0.25, 0.3) is 0 Å². The summed E-state index contributed by atoms with van der Waals surface area (Å²) < 4.78 is 11.5. The third-order valence-corrected chi connectivity index (χ3v) is 5.84. The molecule has 35 heavy (non-hydrogen) atoms. The predicted octanol–water partition coefficient (Wildman–Crippen LogP) is 4.54. The van der Waals surface area contributed by atoms with E-state index in [4.69, 9.17) is 9.47 Å². The van der Waals surface area contributed by atoms with Gasteiger partial charge < -0.3 is 20.1 Å². The summed E-state index contributed by atoms with van der Waals surface area (Å²) in [6.07, 6.45) is 1.36. The van der Waals surface area contributed by atoms with Gasteiger partial charge in [0.25, 0.3) is 0 Å². The summed E-state index contributed by atoms with van der Waals surface area (Å²) in [5, 5.41) is 9.44. The number of rotatable bonds is 9. The number of benzene rings is 2. The second-order valence-corrected chi connectivity index (χ2v) is 9.71. The molecule has 8 nitrogen and oxygen atoms in total. The maximum Gasteiger partial charge on any atom is 0.222 e. The third kappa shape index (κ3) is 6.55. The van der Waals surface area contributed by atoms with Gasteiger partial charge in [0.1, 0.15) is 36.0 Å². The number of anilines is 2. The lowest BCUT2D eigenvalue weighted by atomic mass is 9.85. The average Bonchev–Trinajstić information content (AvgIpc) is 3.60. The summed E-state index contributed by atoms with van der Waals surface area (Å²) in [5.41, 5.74) is 4.69. The molecule has 3 aromatic rings. The van der Waals surface area contributed by atoms with Crippen molar-refractivity contribution in [3.8, 4) is 5.75 Å². The van der Waals surface area contributed by atoms with Gasteiger partial charge in [-0.05, 0) is 34.2 Å². The Balaban J connectivity index is 1.33. The van der Waals surface area contributed by atoms with Crippen LogP contribution in [0.3, 0.4) is 0 Å². The first-order valence-corrected chi connectivity index (χ1v) is 11.7. The van der Waals surface area contributed by atoms with E-state index in [0.717, 1.165) is 22.4 Å². The topological polar surface area (TPSA) is 101 Å². The molecule has 0 spiro atoms. The van der Waals surface area contributed by atoms with E-state index in [1.54, 1.807) is 13.2 Å². The maximum atomic E-state index is 11.2. The maximum absolute atomic E-state index is 11.2. The number of carbonyl (C=O) groups is 1. The van der Waals surface area contributed by atoms with Gasteiger partial charge in [-0.25, -0.2) is 9.97 Å². The molecule has 1 aromatic heterocycles. The van der Waals surface area contributed by atoms with E-state index in [0.29, 0.717) is 24.7 Å². The molecule has 0 bridgehead atoms. The number of carbonyl (C=O) groups excluding carboxylic acids is 1. The summed E-state index contributed by atoms with van der Waals surface area (Å²) in [5.74, 6) is 1.80. The minimum absolute atomic E-state index is 0.0207. The van der Waals surface area contributed by atoms with Gasteiger partial charge in [0.05, 0.1) is 7.11 Å². The Hall–Kier alpha value is -3.49. The molecular formula is C27H33N5O3. The first kappa shape index (κ1) is 24.6. The summed E-state index contributed by atoms with van der Waals surface area (Å²) in [6, 6.07) is 16.4. The predicted molar refractivity (Wildman–Crippen MR) is 136 cm³/mol. The largest absolute Gasteiger partial charge is 0.496 e. The van der Waals surface area contributed by atoms with Crippen molar-refractivity contribution in [1.29, 1.82) is 0 Å². The molecule has 8 heteroatoms. The Morgan fingerprint density at radius 1 is 1.03 bits per heavy atom. The zero-order valence-corrected chi connectivity index (χ0v) is 20.9. The number of nitrogens with one attached hydrogen (secondary N) is 3. The number of amides is 1. The van der Waals surface area contributed by atoms with Crippen molar-refractivity contribution in [3.05, 3.63) is 77.1 Å². The zero-order chi connectivity index (χ0) is 25.0. The van der Waals surface area contributed by atoms with E-state index in [2.05, 4.69) is 77.0 Å². The molecule has 1 fully saturated rings. The number of hydrogen-bond donors (Lipinski definition) is 3. The highest BCUT2D eigenvalue weighted by atomic mass is 16.6. The molecule has 3 N–H and O–H groups in total. The van der Waals surface area contributed by atoms with E-state index in [1.807, 2.05) is 12.1 Å². The van der Waals surface area contributed by atoms with Crippen LogP contribution in [0.2, 0.25) is 0 Å². The smallest absolute Gasteiger partial charge is 0.222 e. The van der Waals surface area contributed by atoms with E-state index < -0.39 is 0 Å². The highest BCUT2D eigenvalue weighted by Crippen LogP contribution is 2.43.